The number of carbonyl (C=O) groups excluding carboxylic acids is 2. The highest BCUT2D eigenvalue weighted by Gasteiger charge is 2.23. The van der Waals surface area contributed by atoms with Gasteiger partial charge >= 0.3 is 0 Å². The smallest absolute Gasteiger partial charge is 0.267 e. The lowest BCUT2D eigenvalue weighted by Gasteiger charge is -2.18. The molecule has 0 spiro atoms. The second-order valence-corrected chi connectivity index (χ2v) is 10.2. The molecule has 1 heterocycles. The number of rotatable bonds is 8. The number of hydrogen-bond acceptors (Lipinski definition) is 6. The number of aromatic nitrogens is 1. The molecule has 0 radical (unpaired) electrons. The van der Waals surface area contributed by atoms with E-state index in [-0.39, 0.29) is 10.5 Å². The number of carbonyl (C=O) groups is 2. The van der Waals surface area contributed by atoms with Crippen LogP contribution < -0.4 is 10.9 Å². The minimum atomic E-state index is -3.69. The van der Waals surface area contributed by atoms with Gasteiger partial charge in [0.05, 0.1) is 15.6 Å². The minimum Gasteiger partial charge on any atom is -0.267 e. The number of hydrazine groups is 1. The van der Waals surface area contributed by atoms with Crippen LogP contribution in [-0.4, -0.2) is 42.6 Å². The highest BCUT2D eigenvalue weighted by Crippen LogP contribution is 2.21. The third-order valence-electron chi connectivity index (χ3n) is 4.36. The van der Waals surface area contributed by atoms with Crippen molar-refractivity contribution >= 4 is 33.2 Å². The quantitative estimate of drug-likeness (QED) is 0.599. The number of aryl methyl sites for hydroxylation is 1. The standard InChI is InChI=1S/C20H28N4O4S2/c1-6-24(7-2)30(27,28)16-10-8-9-15(12-16)19(25)22-23-20(26)18-14(5)21-17(29-18)11-13(3)4/h8-10,12-13H,6-7,11H2,1-5H3,(H,22,25)(H,23,26). The van der Waals surface area contributed by atoms with Crippen molar-refractivity contribution in [3.63, 3.8) is 0 Å². The van der Waals surface area contributed by atoms with Crippen LogP contribution >= 0.6 is 11.3 Å². The van der Waals surface area contributed by atoms with Gasteiger partial charge in [-0.3, -0.25) is 20.4 Å². The fourth-order valence-corrected chi connectivity index (χ4v) is 5.53. The van der Waals surface area contributed by atoms with Crippen molar-refractivity contribution in [2.45, 2.75) is 45.9 Å². The third kappa shape index (κ3) is 5.65. The topological polar surface area (TPSA) is 108 Å². The lowest BCUT2D eigenvalue weighted by molar-refractivity contribution is 0.0848. The van der Waals surface area contributed by atoms with Crippen LogP contribution in [-0.2, 0) is 16.4 Å². The summed E-state index contributed by atoms with van der Waals surface area (Å²) in [6, 6.07) is 5.73. The van der Waals surface area contributed by atoms with Gasteiger partial charge in [0.15, 0.2) is 0 Å². The molecule has 0 fully saturated rings. The van der Waals surface area contributed by atoms with Crippen LogP contribution in [0.25, 0.3) is 0 Å². The fourth-order valence-electron chi connectivity index (χ4n) is 2.85. The molecule has 0 aliphatic rings. The summed E-state index contributed by atoms with van der Waals surface area (Å²) in [5.41, 5.74) is 5.46. The molecule has 10 heteroatoms. The number of amides is 2. The van der Waals surface area contributed by atoms with E-state index in [9.17, 15) is 18.0 Å². The molecule has 0 aliphatic heterocycles. The van der Waals surface area contributed by atoms with E-state index < -0.39 is 21.8 Å². The third-order valence-corrected chi connectivity index (χ3v) is 7.58. The second-order valence-electron chi connectivity index (χ2n) is 7.15. The van der Waals surface area contributed by atoms with E-state index in [4.69, 9.17) is 0 Å². The molecule has 164 valence electrons. The van der Waals surface area contributed by atoms with Crippen molar-refractivity contribution in [3.05, 3.63) is 45.4 Å². The van der Waals surface area contributed by atoms with Gasteiger partial charge in [0.1, 0.15) is 4.88 Å². The van der Waals surface area contributed by atoms with E-state index in [1.807, 2.05) is 0 Å². The van der Waals surface area contributed by atoms with Gasteiger partial charge in [0.2, 0.25) is 10.0 Å². The van der Waals surface area contributed by atoms with Gasteiger partial charge in [0.25, 0.3) is 11.8 Å². The van der Waals surface area contributed by atoms with Crippen molar-refractivity contribution in [1.82, 2.24) is 20.1 Å². The van der Waals surface area contributed by atoms with Crippen molar-refractivity contribution in [2.75, 3.05) is 13.1 Å². The predicted octanol–water partition coefficient (Wildman–Crippen LogP) is 2.76. The van der Waals surface area contributed by atoms with Crippen LogP contribution in [0.2, 0.25) is 0 Å². The van der Waals surface area contributed by atoms with Crippen LogP contribution in [0.1, 0.15) is 58.4 Å². The maximum atomic E-state index is 12.7. The number of nitrogens with one attached hydrogen (secondary N) is 2. The summed E-state index contributed by atoms with van der Waals surface area (Å²) in [5, 5.41) is 0.869. The molecule has 2 N–H and O–H groups in total. The van der Waals surface area contributed by atoms with Crippen LogP contribution in [0.3, 0.4) is 0 Å². The first kappa shape index (κ1) is 24.0. The molecule has 8 nitrogen and oxygen atoms in total. The summed E-state index contributed by atoms with van der Waals surface area (Å²) in [6.45, 7) is 10.1. The molecule has 0 atom stereocenters. The Kier molecular flexibility index (Phi) is 8.10. The van der Waals surface area contributed by atoms with Gasteiger partial charge < -0.3 is 0 Å². The Balaban J connectivity index is 2.10. The van der Waals surface area contributed by atoms with Crippen molar-refractivity contribution in [1.29, 1.82) is 0 Å². The molecular formula is C20H28N4O4S2. The lowest BCUT2D eigenvalue weighted by atomic mass is 10.1. The Morgan fingerprint density at radius 2 is 1.77 bits per heavy atom. The number of benzene rings is 1. The van der Waals surface area contributed by atoms with E-state index in [1.165, 1.54) is 39.9 Å². The Labute approximate surface area is 181 Å². The number of sulfonamides is 1. The summed E-state index contributed by atoms with van der Waals surface area (Å²) >= 11 is 1.30. The van der Waals surface area contributed by atoms with Gasteiger partial charge in [-0.2, -0.15) is 4.31 Å². The molecule has 1 aromatic heterocycles. The monoisotopic (exact) mass is 452 g/mol. The Morgan fingerprint density at radius 3 is 2.37 bits per heavy atom. The van der Waals surface area contributed by atoms with Crippen LogP contribution in [0.4, 0.5) is 0 Å². The zero-order chi connectivity index (χ0) is 22.5. The maximum Gasteiger partial charge on any atom is 0.281 e. The molecule has 0 saturated heterocycles. The summed E-state index contributed by atoms with van der Waals surface area (Å²) in [4.78, 5) is 29.8. The summed E-state index contributed by atoms with van der Waals surface area (Å²) in [6.07, 6.45) is 0.777. The first-order chi connectivity index (χ1) is 14.1. The summed E-state index contributed by atoms with van der Waals surface area (Å²) in [5.74, 6) is -0.643. The average Bonchev–Trinajstić information content (AvgIpc) is 3.06. The zero-order valence-corrected chi connectivity index (χ0v) is 19.5. The Morgan fingerprint density at radius 1 is 1.13 bits per heavy atom. The van der Waals surface area contributed by atoms with Crippen LogP contribution in [0.15, 0.2) is 29.2 Å². The Bertz CT molecular complexity index is 1010. The molecule has 0 aliphatic carbocycles. The van der Waals surface area contributed by atoms with Gasteiger partial charge in [-0.1, -0.05) is 33.8 Å². The highest BCUT2D eigenvalue weighted by atomic mass is 32.2. The molecule has 30 heavy (non-hydrogen) atoms. The van der Waals surface area contributed by atoms with Crippen molar-refractivity contribution in [2.24, 2.45) is 5.92 Å². The van der Waals surface area contributed by atoms with E-state index in [0.717, 1.165) is 11.4 Å². The number of hydrogen-bond donors (Lipinski definition) is 2. The Hall–Kier alpha value is -2.30. The normalized spacial score (nSPS) is 11.7. The highest BCUT2D eigenvalue weighted by molar-refractivity contribution is 7.89. The van der Waals surface area contributed by atoms with Gasteiger partial charge in [-0.25, -0.2) is 13.4 Å². The fraction of sp³-hybridized carbons (Fsp3) is 0.450. The van der Waals surface area contributed by atoms with Gasteiger partial charge in [-0.15, -0.1) is 11.3 Å². The molecule has 2 aromatic rings. The predicted molar refractivity (Wildman–Crippen MR) is 117 cm³/mol. The molecule has 1 aromatic carbocycles. The summed E-state index contributed by atoms with van der Waals surface area (Å²) in [7, 11) is -3.69. The molecular weight excluding hydrogens is 424 g/mol. The van der Waals surface area contributed by atoms with Crippen molar-refractivity contribution in [3.8, 4) is 0 Å². The molecule has 0 unspecified atom stereocenters. The van der Waals surface area contributed by atoms with Crippen LogP contribution in [0.5, 0.6) is 0 Å². The van der Waals surface area contributed by atoms with E-state index >= 15 is 0 Å². The maximum absolute atomic E-state index is 12.7. The lowest BCUT2D eigenvalue weighted by Crippen LogP contribution is -2.41. The van der Waals surface area contributed by atoms with Crippen molar-refractivity contribution < 1.29 is 18.0 Å². The second kappa shape index (κ2) is 10.1. The van der Waals surface area contributed by atoms with E-state index in [1.54, 1.807) is 20.8 Å². The molecule has 0 bridgehead atoms. The molecule has 2 rings (SSSR count). The first-order valence-electron chi connectivity index (χ1n) is 9.77. The number of nitrogens with zero attached hydrogens (tertiary/aromatic N) is 2. The zero-order valence-electron chi connectivity index (χ0n) is 17.9. The van der Waals surface area contributed by atoms with E-state index in [0.29, 0.717) is 29.6 Å². The van der Waals surface area contributed by atoms with Crippen LogP contribution in [0, 0.1) is 12.8 Å². The molecule has 0 saturated carbocycles. The first-order valence-corrected chi connectivity index (χ1v) is 12.0. The van der Waals surface area contributed by atoms with E-state index in [2.05, 4.69) is 29.7 Å². The summed E-state index contributed by atoms with van der Waals surface area (Å²) < 4.78 is 26.6. The minimum absolute atomic E-state index is 0.0294. The average molecular weight is 453 g/mol. The number of thiazole rings is 1. The molecule has 2 amide bonds. The van der Waals surface area contributed by atoms with Gasteiger partial charge in [-0.05, 0) is 31.0 Å². The largest absolute Gasteiger partial charge is 0.281 e. The van der Waals surface area contributed by atoms with Gasteiger partial charge in [0, 0.05) is 25.1 Å². The SMILES string of the molecule is CCN(CC)S(=O)(=O)c1cccc(C(=O)NNC(=O)c2sc(CC(C)C)nc2C)c1.